The van der Waals surface area contributed by atoms with Crippen LogP contribution >= 0.6 is 0 Å². The third-order valence-electron chi connectivity index (χ3n) is 8.17. The van der Waals surface area contributed by atoms with Crippen LogP contribution in [0, 0.1) is 34.6 Å². The first kappa shape index (κ1) is 29.0. The first-order valence-electron chi connectivity index (χ1n) is 14.8. The van der Waals surface area contributed by atoms with Gasteiger partial charge in [0.2, 0.25) is 10.0 Å². The summed E-state index contributed by atoms with van der Waals surface area (Å²) in [5.74, 6) is 1.52. The molecule has 8 nitrogen and oxygen atoms in total. The Hall–Kier alpha value is -4.08. The molecular formula is C34H38N6O2S. The number of hydrogen-bond acceptors (Lipinski definition) is 6. The summed E-state index contributed by atoms with van der Waals surface area (Å²) >= 11 is 0. The summed E-state index contributed by atoms with van der Waals surface area (Å²) in [7, 11) is -3.65. The van der Waals surface area contributed by atoms with Gasteiger partial charge in [0.25, 0.3) is 0 Å². The number of nitrogens with zero attached hydrogens (tertiary/aromatic N) is 6. The number of aryl methyl sites for hydroxylation is 5. The van der Waals surface area contributed by atoms with Crippen molar-refractivity contribution in [2.75, 3.05) is 31.1 Å². The number of benzene rings is 3. The van der Waals surface area contributed by atoms with E-state index in [1.54, 1.807) is 4.31 Å². The van der Waals surface area contributed by atoms with E-state index in [1.165, 1.54) is 5.56 Å². The van der Waals surface area contributed by atoms with Gasteiger partial charge in [0, 0.05) is 32.6 Å². The Morgan fingerprint density at radius 3 is 2.16 bits per heavy atom. The van der Waals surface area contributed by atoms with Crippen LogP contribution in [-0.2, 0) is 16.4 Å². The summed E-state index contributed by atoms with van der Waals surface area (Å²) in [5, 5.41) is 5.80. The van der Waals surface area contributed by atoms with Crippen LogP contribution in [-0.4, -0.2) is 58.7 Å². The SMILES string of the molecule is Cc1ccc(Cc2nc(N3CCCN(S(=O)(=O)c4c(C)cc(C)cc4C)CC3)c3c(C)nn(-c4ccccc4)c3n2)cc1. The van der Waals surface area contributed by atoms with E-state index in [4.69, 9.17) is 15.1 Å². The maximum Gasteiger partial charge on any atom is 0.243 e. The highest BCUT2D eigenvalue weighted by Crippen LogP contribution is 2.32. The van der Waals surface area contributed by atoms with Gasteiger partial charge >= 0.3 is 0 Å². The van der Waals surface area contributed by atoms with E-state index < -0.39 is 10.0 Å². The molecular weight excluding hydrogens is 556 g/mol. The standard InChI is InChI=1S/C34H38N6O2S/c1-23-12-14-28(15-13-23)22-30-35-33(31-27(5)37-40(34(31)36-30)29-10-7-6-8-11-29)38-16-9-17-39(19-18-38)43(41,42)32-25(3)20-24(2)21-26(32)4/h6-8,10-15,20-21H,9,16-19,22H2,1-5H3. The largest absolute Gasteiger partial charge is 0.355 e. The zero-order chi connectivity index (χ0) is 30.3. The minimum absolute atomic E-state index is 0.375. The van der Waals surface area contributed by atoms with Crippen molar-refractivity contribution in [2.24, 2.45) is 0 Å². The first-order valence-corrected chi connectivity index (χ1v) is 16.3. The number of fused-ring (bicyclic) bond motifs is 1. The van der Waals surface area contributed by atoms with Crippen molar-refractivity contribution in [1.82, 2.24) is 24.1 Å². The summed E-state index contributed by atoms with van der Waals surface area (Å²) in [6, 6.07) is 22.4. The molecule has 0 bridgehead atoms. The molecule has 2 aromatic heterocycles. The zero-order valence-electron chi connectivity index (χ0n) is 25.5. The van der Waals surface area contributed by atoms with Crippen LogP contribution in [0.5, 0.6) is 0 Å². The zero-order valence-corrected chi connectivity index (χ0v) is 26.3. The lowest BCUT2D eigenvalue weighted by atomic mass is 10.1. The molecule has 3 heterocycles. The second-order valence-electron chi connectivity index (χ2n) is 11.6. The van der Waals surface area contributed by atoms with Gasteiger partial charge < -0.3 is 4.90 Å². The van der Waals surface area contributed by atoms with Crippen molar-refractivity contribution >= 4 is 26.9 Å². The van der Waals surface area contributed by atoms with Crippen LogP contribution in [0.2, 0.25) is 0 Å². The average Bonchev–Trinajstić information content (AvgIpc) is 3.13. The van der Waals surface area contributed by atoms with E-state index in [-0.39, 0.29) is 0 Å². The third-order valence-corrected chi connectivity index (χ3v) is 10.4. The fourth-order valence-electron chi connectivity index (χ4n) is 6.20. The summed E-state index contributed by atoms with van der Waals surface area (Å²) in [6.45, 7) is 11.9. The molecule has 0 radical (unpaired) electrons. The molecule has 3 aromatic carbocycles. The average molecular weight is 595 g/mol. The van der Waals surface area contributed by atoms with E-state index in [2.05, 4.69) is 36.1 Å². The van der Waals surface area contributed by atoms with Gasteiger partial charge in [0.1, 0.15) is 11.6 Å². The molecule has 222 valence electrons. The van der Waals surface area contributed by atoms with Gasteiger partial charge in [-0.2, -0.15) is 9.40 Å². The molecule has 43 heavy (non-hydrogen) atoms. The van der Waals surface area contributed by atoms with Gasteiger partial charge in [-0.25, -0.2) is 23.1 Å². The number of sulfonamides is 1. The second kappa shape index (κ2) is 11.5. The first-order chi connectivity index (χ1) is 20.6. The Labute approximate surface area is 254 Å². The van der Waals surface area contributed by atoms with E-state index >= 15 is 0 Å². The maximum absolute atomic E-state index is 13.9. The fraction of sp³-hybridized carbons (Fsp3) is 0.324. The predicted molar refractivity (Wildman–Crippen MR) is 172 cm³/mol. The smallest absolute Gasteiger partial charge is 0.243 e. The number of rotatable bonds is 6. The summed E-state index contributed by atoms with van der Waals surface area (Å²) in [6.07, 6.45) is 1.27. The maximum atomic E-state index is 13.9. The summed E-state index contributed by atoms with van der Waals surface area (Å²) in [4.78, 5) is 12.8. The lowest BCUT2D eigenvalue weighted by molar-refractivity contribution is 0.432. The molecule has 0 saturated carbocycles. The lowest BCUT2D eigenvalue weighted by Gasteiger charge is -2.25. The van der Waals surface area contributed by atoms with Crippen LogP contribution in [0.15, 0.2) is 71.6 Å². The molecule has 0 N–H and O–H groups in total. The summed E-state index contributed by atoms with van der Waals surface area (Å²) < 4.78 is 31.4. The minimum atomic E-state index is -3.65. The van der Waals surface area contributed by atoms with Crippen molar-refractivity contribution in [3.05, 3.63) is 106 Å². The quantitative estimate of drug-likeness (QED) is 0.245. The van der Waals surface area contributed by atoms with E-state index in [1.807, 2.05) is 74.8 Å². The number of para-hydroxylation sites is 1. The fourth-order valence-corrected chi connectivity index (χ4v) is 8.08. The van der Waals surface area contributed by atoms with Crippen LogP contribution < -0.4 is 4.90 Å². The predicted octanol–water partition coefficient (Wildman–Crippen LogP) is 5.85. The van der Waals surface area contributed by atoms with Crippen molar-refractivity contribution in [1.29, 1.82) is 0 Å². The molecule has 9 heteroatoms. The van der Waals surface area contributed by atoms with Crippen molar-refractivity contribution in [3.63, 3.8) is 0 Å². The number of aromatic nitrogens is 4. The highest BCUT2D eigenvalue weighted by Gasteiger charge is 2.31. The minimum Gasteiger partial charge on any atom is -0.355 e. The molecule has 0 atom stereocenters. The highest BCUT2D eigenvalue weighted by atomic mass is 32.2. The molecule has 0 spiro atoms. The molecule has 1 fully saturated rings. The monoisotopic (exact) mass is 594 g/mol. The van der Waals surface area contributed by atoms with Gasteiger partial charge in [-0.05, 0) is 69.9 Å². The van der Waals surface area contributed by atoms with E-state index in [9.17, 15) is 8.42 Å². The van der Waals surface area contributed by atoms with Crippen LogP contribution in [0.25, 0.3) is 16.7 Å². The van der Waals surface area contributed by atoms with Crippen molar-refractivity contribution < 1.29 is 8.42 Å². The van der Waals surface area contributed by atoms with Gasteiger partial charge in [0.05, 0.1) is 21.7 Å². The van der Waals surface area contributed by atoms with E-state index in [0.717, 1.165) is 50.5 Å². The third kappa shape index (κ3) is 5.67. The molecule has 5 aromatic rings. The molecule has 0 unspecified atom stereocenters. The number of hydrogen-bond donors (Lipinski definition) is 0. The number of anilines is 1. The molecule has 1 saturated heterocycles. The van der Waals surface area contributed by atoms with E-state index in [0.29, 0.717) is 49.7 Å². The Morgan fingerprint density at radius 1 is 0.767 bits per heavy atom. The summed E-state index contributed by atoms with van der Waals surface area (Å²) in [5.41, 5.74) is 7.53. The molecule has 6 rings (SSSR count). The Balaban J connectivity index is 1.39. The molecule has 1 aliphatic rings. The normalized spacial score (nSPS) is 14.8. The van der Waals surface area contributed by atoms with Gasteiger partial charge in [-0.1, -0.05) is 65.7 Å². The van der Waals surface area contributed by atoms with Crippen molar-refractivity contribution in [3.8, 4) is 5.69 Å². The Morgan fingerprint density at radius 2 is 1.47 bits per heavy atom. The Bertz CT molecular complexity index is 1880. The van der Waals surface area contributed by atoms with Crippen LogP contribution in [0.4, 0.5) is 5.82 Å². The molecule has 0 amide bonds. The van der Waals surface area contributed by atoms with Crippen molar-refractivity contribution in [2.45, 2.75) is 52.4 Å². The second-order valence-corrected chi connectivity index (χ2v) is 13.5. The lowest BCUT2D eigenvalue weighted by Crippen LogP contribution is -2.36. The van der Waals surface area contributed by atoms with Crippen LogP contribution in [0.3, 0.4) is 0 Å². The topological polar surface area (TPSA) is 84.2 Å². The van der Waals surface area contributed by atoms with Gasteiger partial charge in [0.15, 0.2) is 5.65 Å². The highest BCUT2D eigenvalue weighted by molar-refractivity contribution is 7.89. The Kier molecular flexibility index (Phi) is 7.79. The van der Waals surface area contributed by atoms with Gasteiger partial charge in [-0.3, -0.25) is 0 Å². The van der Waals surface area contributed by atoms with Crippen LogP contribution in [0.1, 0.15) is 45.8 Å². The molecule has 1 aliphatic heterocycles. The molecule has 0 aliphatic carbocycles. The van der Waals surface area contributed by atoms with Gasteiger partial charge in [-0.15, -0.1) is 0 Å².